The maximum absolute atomic E-state index is 14.6. The maximum atomic E-state index is 14.6. The Morgan fingerprint density at radius 2 is 2.18 bits per heavy atom. The largest absolute Gasteiger partial charge is 0.405 e. The minimum Gasteiger partial charge on any atom is -0.405 e. The van der Waals surface area contributed by atoms with E-state index in [9.17, 15) is 4.39 Å². The molecule has 1 aliphatic rings. The Bertz CT molecular complexity index is 601. The van der Waals surface area contributed by atoms with E-state index >= 15 is 0 Å². The van der Waals surface area contributed by atoms with Crippen molar-refractivity contribution in [1.29, 1.82) is 0 Å². The molecule has 120 valence electrons. The van der Waals surface area contributed by atoms with Crippen LogP contribution in [0.25, 0.3) is 5.57 Å². The molecule has 0 amide bonds. The number of alkyl halides is 1. The lowest BCUT2D eigenvalue weighted by Crippen LogP contribution is -2.35. The molecule has 5 heteroatoms. The zero-order valence-electron chi connectivity index (χ0n) is 13.3. The van der Waals surface area contributed by atoms with E-state index in [0.717, 1.165) is 24.0 Å². The summed E-state index contributed by atoms with van der Waals surface area (Å²) in [7, 11) is 0. The standard InChI is InChI=1S/C17H25FN4/c1-11(5-6-19)7-13(3)15-10-21-22(14-8-12(2)9-14)16(15)17(4,18)20/h5-6,10,12,14H,1,3,7-9,19-20H2,2,4H3/b6-5-. The number of aromatic nitrogens is 2. The third-order valence-electron chi connectivity index (χ3n) is 4.11. The summed E-state index contributed by atoms with van der Waals surface area (Å²) in [6.07, 6.45) is 7.30. The second-order valence-electron chi connectivity index (χ2n) is 6.46. The molecule has 1 fully saturated rings. The average molecular weight is 304 g/mol. The van der Waals surface area contributed by atoms with Crippen molar-refractivity contribution in [2.75, 3.05) is 0 Å². The molecular formula is C17H25FN4. The second kappa shape index (κ2) is 6.08. The van der Waals surface area contributed by atoms with Crippen LogP contribution < -0.4 is 11.5 Å². The first kappa shape index (κ1) is 16.5. The normalized spacial score (nSPS) is 24.0. The lowest BCUT2D eigenvalue weighted by atomic mass is 9.81. The summed E-state index contributed by atoms with van der Waals surface area (Å²) in [6.45, 7) is 11.5. The number of rotatable bonds is 6. The van der Waals surface area contributed by atoms with Gasteiger partial charge in [0.2, 0.25) is 0 Å². The Balaban J connectivity index is 2.31. The van der Waals surface area contributed by atoms with E-state index in [1.165, 1.54) is 13.1 Å². The minimum atomic E-state index is -1.96. The number of nitrogens with zero attached hydrogens (tertiary/aromatic N) is 2. The van der Waals surface area contributed by atoms with E-state index in [0.29, 0.717) is 23.6 Å². The molecule has 4 N–H and O–H groups in total. The smallest absolute Gasteiger partial charge is 0.199 e. The molecule has 0 aromatic carbocycles. The highest BCUT2D eigenvalue weighted by Crippen LogP contribution is 2.41. The first-order chi connectivity index (χ1) is 10.2. The van der Waals surface area contributed by atoms with Gasteiger partial charge in [0.15, 0.2) is 5.79 Å². The molecule has 1 aromatic heterocycles. The molecule has 0 bridgehead atoms. The van der Waals surface area contributed by atoms with Crippen LogP contribution in [0, 0.1) is 5.92 Å². The van der Waals surface area contributed by atoms with Crippen molar-refractivity contribution in [1.82, 2.24) is 9.78 Å². The molecule has 1 aromatic rings. The molecule has 0 aliphatic heterocycles. The molecule has 1 saturated carbocycles. The zero-order chi connectivity index (χ0) is 16.5. The van der Waals surface area contributed by atoms with Crippen molar-refractivity contribution < 1.29 is 4.39 Å². The van der Waals surface area contributed by atoms with Crippen LogP contribution in [0.3, 0.4) is 0 Å². The van der Waals surface area contributed by atoms with Crippen LogP contribution in [-0.4, -0.2) is 9.78 Å². The summed E-state index contributed by atoms with van der Waals surface area (Å²) in [5, 5.41) is 4.38. The molecule has 0 spiro atoms. The average Bonchev–Trinajstić information content (AvgIpc) is 2.79. The summed E-state index contributed by atoms with van der Waals surface area (Å²) in [6, 6.07) is 0.220. The van der Waals surface area contributed by atoms with Gasteiger partial charge in [-0.3, -0.25) is 10.4 Å². The van der Waals surface area contributed by atoms with Crippen LogP contribution in [0.15, 0.2) is 37.2 Å². The van der Waals surface area contributed by atoms with E-state index in [2.05, 4.69) is 25.2 Å². The summed E-state index contributed by atoms with van der Waals surface area (Å²) in [5.41, 5.74) is 13.7. The number of halogens is 1. The van der Waals surface area contributed by atoms with Gasteiger partial charge in [0.25, 0.3) is 0 Å². The third-order valence-corrected chi connectivity index (χ3v) is 4.11. The summed E-state index contributed by atoms with van der Waals surface area (Å²) in [5.74, 6) is -1.31. The Hall–Kier alpha value is -1.88. The van der Waals surface area contributed by atoms with Gasteiger partial charge >= 0.3 is 0 Å². The van der Waals surface area contributed by atoms with Gasteiger partial charge in [0, 0.05) is 5.56 Å². The minimum absolute atomic E-state index is 0.220. The van der Waals surface area contributed by atoms with Gasteiger partial charge in [-0.1, -0.05) is 20.1 Å². The lowest BCUT2D eigenvalue weighted by molar-refractivity contribution is 0.146. The van der Waals surface area contributed by atoms with Gasteiger partial charge in [0.05, 0.1) is 17.9 Å². The second-order valence-corrected chi connectivity index (χ2v) is 6.46. The topological polar surface area (TPSA) is 69.9 Å². The van der Waals surface area contributed by atoms with Crippen LogP contribution in [-0.2, 0) is 5.79 Å². The van der Waals surface area contributed by atoms with Crippen molar-refractivity contribution >= 4 is 5.57 Å². The predicted molar refractivity (Wildman–Crippen MR) is 88.4 cm³/mol. The van der Waals surface area contributed by atoms with E-state index in [1.54, 1.807) is 17.0 Å². The summed E-state index contributed by atoms with van der Waals surface area (Å²) >= 11 is 0. The predicted octanol–water partition coefficient (Wildman–Crippen LogP) is 3.39. The molecule has 1 unspecified atom stereocenters. The van der Waals surface area contributed by atoms with Gasteiger partial charge in [0.1, 0.15) is 0 Å². The number of allylic oxidation sites excluding steroid dienone is 3. The van der Waals surface area contributed by atoms with E-state index in [1.807, 2.05) is 0 Å². The molecule has 4 nitrogen and oxygen atoms in total. The zero-order valence-corrected chi connectivity index (χ0v) is 13.3. The quantitative estimate of drug-likeness (QED) is 0.625. The van der Waals surface area contributed by atoms with Crippen molar-refractivity contribution in [2.24, 2.45) is 17.4 Å². The van der Waals surface area contributed by atoms with Gasteiger partial charge in [-0.2, -0.15) is 5.10 Å². The molecule has 0 radical (unpaired) electrons. The van der Waals surface area contributed by atoms with E-state index in [4.69, 9.17) is 11.5 Å². The summed E-state index contributed by atoms with van der Waals surface area (Å²) in [4.78, 5) is 0. The molecule has 2 rings (SSSR count). The number of nitrogens with two attached hydrogens (primary N) is 2. The fraction of sp³-hybridized carbons (Fsp3) is 0.471. The highest BCUT2D eigenvalue weighted by molar-refractivity contribution is 5.68. The van der Waals surface area contributed by atoms with Gasteiger partial charge in [-0.15, -0.1) is 0 Å². The highest BCUT2D eigenvalue weighted by Gasteiger charge is 2.36. The Labute approximate surface area is 131 Å². The van der Waals surface area contributed by atoms with Crippen molar-refractivity contribution in [3.63, 3.8) is 0 Å². The number of hydrogen-bond donors (Lipinski definition) is 2. The van der Waals surface area contributed by atoms with Gasteiger partial charge in [-0.05, 0) is 55.5 Å². The van der Waals surface area contributed by atoms with Crippen LogP contribution in [0.1, 0.15) is 50.4 Å². The van der Waals surface area contributed by atoms with Crippen LogP contribution in [0.2, 0.25) is 0 Å². The van der Waals surface area contributed by atoms with Crippen LogP contribution in [0.4, 0.5) is 4.39 Å². The SMILES string of the molecule is C=C(/C=C\N)CC(=C)c1cnn(C2CC(C)C2)c1C(C)(N)F. The molecule has 0 saturated heterocycles. The van der Waals surface area contributed by atoms with Gasteiger partial charge in [-0.25, -0.2) is 4.39 Å². The van der Waals surface area contributed by atoms with Crippen LogP contribution in [0.5, 0.6) is 0 Å². The Morgan fingerprint density at radius 3 is 2.68 bits per heavy atom. The molecule has 1 aliphatic carbocycles. The lowest BCUT2D eigenvalue weighted by Gasteiger charge is -2.35. The third kappa shape index (κ3) is 3.30. The molecule has 22 heavy (non-hydrogen) atoms. The Kier molecular flexibility index (Phi) is 4.56. The van der Waals surface area contributed by atoms with Crippen molar-refractivity contribution in [3.05, 3.63) is 48.5 Å². The fourth-order valence-electron chi connectivity index (χ4n) is 3.01. The van der Waals surface area contributed by atoms with Crippen molar-refractivity contribution in [3.8, 4) is 0 Å². The van der Waals surface area contributed by atoms with E-state index in [-0.39, 0.29) is 6.04 Å². The first-order valence-corrected chi connectivity index (χ1v) is 7.54. The van der Waals surface area contributed by atoms with Crippen LogP contribution >= 0.6 is 0 Å². The fourth-order valence-corrected chi connectivity index (χ4v) is 3.01. The molecule has 1 atom stereocenters. The first-order valence-electron chi connectivity index (χ1n) is 7.54. The molecule has 1 heterocycles. The summed E-state index contributed by atoms with van der Waals surface area (Å²) < 4.78 is 16.3. The number of hydrogen-bond acceptors (Lipinski definition) is 3. The Morgan fingerprint density at radius 1 is 1.55 bits per heavy atom. The highest BCUT2D eigenvalue weighted by atomic mass is 19.1. The molecular weight excluding hydrogens is 279 g/mol. The van der Waals surface area contributed by atoms with E-state index < -0.39 is 5.79 Å². The van der Waals surface area contributed by atoms with Crippen molar-refractivity contribution in [2.45, 2.75) is 44.9 Å². The van der Waals surface area contributed by atoms with Gasteiger partial charge < -0.3 is 5.73 Å². The monoisotopic (exact) mass is 304 g/mol. The maximum Gasteiger partial charge on any atom is 0.199 e.